The summed E-state index contributed by atoms with van der Waals surface area (Å²) in [5.74, 6) is -0.205. The molecule has 17 heavy (non-hydrogen) atoms. The molecule has 3 atom stereocenters. The van der Waals surface area contributed by atoms with Gasteiger partial charge < -0.3 is 10.4 Å². The summed E-state index contributed by atoms with van der Waals surface area (Å²) in [6.07, 6.45) is 0.534. The van der Waals surface area contributed by atoms with Crippen LogP contribution in [0.1, 0.15) is 38.8 Å². The molecule has 2 nitrogen and oxygen atoms in total. The number of benzene rings is 1. The molecule has 0 aromatic heterocycles. The van der Waals surface area contributed by atoms with Crippen LogP contribution in [0.25, 0.3) is 0 Å². The highest BCUT2D eigenvalue weighted by Crippen LogP contribution is 2.41. The second kappa shape index (κ2) is 4.39. The van der Waals surface area contributed by atoms with Gasteiger partial charge in [-0.2, -0.15) is 0 Å². The van der Waals surface area contributed by atoms with Crippen LogP contribution < -0.4 is 5.32 Å². The molecule has 0 saturated heterocycles. The molecular formula is C14H20FNO. The molecule has 2 rings (SSSR count). The maximum Gasteiger partial charge on any atom is 0.123 e. The molecule has 0 spiro atoms. The van der Waals surface area contributed by atoms with Crippen molar-refractivity contribution >= 4 is 0 Å². The van der Waals surface area contributed by atoms with Gasteiger partial charge in [0.1, 0.15) is 5.82 Å². The van der Waals surface area contributed by atoms with Crippen molar-refractivity contribution in [3.8, 4) is 0 Å². The van der Waals surface area contributed by atoms with Crippen LogP contribution in [0.3, 0.4) is 0 Å². The molecule has 0 bridgehead atoms. The number of aliphatic hydroxyl groups is 1. The highest BCUT2D eigenvalue weighted by molar-refractivity contribution is 5.20. The number of halogens is 1. The van der Waals surface area contributed by atoms with E-state index in [1.807, 2.05) is 13.0 Å². The molecule has 0 radical (unpaired) electrons. The maximum absolute atomic E-state index is 13.1. The SMILES string of the molecule is C[C@@H](NC1CC(O)C1(C)C)c1cccc(F)c1. The topological polar surface area (TPSA) is 32.3 Å². The van der Waals surface area contributed by atoms with Gasteiger partial charge in [0.05, 0.1) is 6.10 Å². The van der Waals surface area contributed by atoms with Gasteiger partial charge in [0.15, 0.2) is 0 Å². The van der Waals surface area contributed by atoms with Gasteiger partial charge in [-0.15, -0.1) is 0 Å². The monoisotopic (exact) mass is 237 g/mol. The normalized spacial score (nSPS) is 28.5. The van der Waals surface area contributed by atoms with E-state index in [-0.39, 0.29) is 29.4 Å². The van der Waals surface area contributed by atoms with E-state index in [0.29, 0.717) is 0 Å². The molecule has 0 heterocycles. The highest BCUT2D eigenvalue weighted by Gasteiger charge is 2.47. The Balaban J connectivity index is 2.01. The van der Waals surface area contributed by atoms with Crippen LogP contribution in [0, 0.1) is 11.2 Å². The molecule has 1 fully saturated rings. The lowest BCUT2D eigenvalue weighted by Crippen LogP contribution is -2.60. The summed E-state index contributed by atoms with van der Waals surface area (Å²) in [6, 6.07) is 7.04. The quantitative estimate of drug-likeness (QED) is 0.847. The molecule has 2 unspecified atom stereocenters. The zero-order chi connectivity index (χ0) is 12.6. The first-order chi connectivity index (χ1) is 7.91. The average Bonchev–Trinajstić information content (AvgIpc) is 2.28. The van der Waals surface area contributed by atoms with Crippen molar-refractivity contribution in [3.05, 3.63) is 35.6 Å². The molecule has 2 N–H and O–H groups in total. The average molecular weight is 237 g/mol. The molecule has 1 saturated carbocycles. The lowest BCUT2D eigenvalue weighted by Gasteiger charge is -2.50. The Labute approximate surface area is 102 Å². The molecule has 1 aromatic rings. The van der Waals surface area contributed by atoms with Gasteiger partial charge in [-0.1, -0.05) is 26.0 Å². The maximum atomic E-state index is 13.1. The van der Waals surface area contributed by atoms with Crippen LogP contribution in [0.2, 0.25) is 0 Å². The summed E-state index contributed by atoms with van der Waals surface area (Å²) in [7, 11) is 0. The first-order valence-electron chi connectivity index (χ1n) is 6.11. The second-order valence-electron chi connectivity index (χ2n) is 5.57. The van der Waals surface area contributed by atoms with E-state index in [4.69, 9.17) is 0 Å². The van der Waals surface area contributed by atoms with E-state index in [1.165, 1.54) is 6.07 Å². The number of hydrogen-bond donors (Lipinski definition) is 2. The number of aliphatic hydroxyl groups excluding tert-OH is 1. The van der Waals surface area contributed by atoms with Crippen LogP contribution in [-0.2, 0) is 0 Å². The molecule has 0 aliphatic heterocycles. The van der Waals surface area contributed by atoms with E-state index >= 15 is 0 Å². The third kappa shape index (κ3) is 2.35. The molecule has 0 amide bonds. The third-order valence-electron chi connectivity index (χ3n) is 4.02. The Morgan fingerprint density at radius 1 is 1.47 bits per heavy atom. The van der Waals surface area contributed by atoms with Crippen LogP contribution >= 0.6 is 0 Å². The summed E-state index contributed by atoms with van der Waals surface area (Å²) in [5.41, 5.74) is 0.851. The molecule has 1 aliphatic carbocycles. The highest BCUT2D eigenvalue weighted by atomic mass is 19.1. The Morgan fingerprint density at radius 2 is 2.18 bits per heavy atom. The van der Waals surface area contributed by atoms with Crippen molar-refractivity contribution in [1.82, 2.24) is 5.32 Å². The summed E-state index contributed by atoms with van der Waals surface area (Å²) in [5, 5.41) is 13.1. The lowest BCUT2D eigenvalue weighted by molar-refractivity contribution is -0.0754. The number of nitrogens with one attached hydrogen (secondary N) is 1. The minimum atomic E-state index is -0.236. The van der Waals surface area contributed by atoms with Gasteiger partial charge in [-0.25, -0.2) is 4.39 Å². The van der Waals surface area contributed by atoms with Crippen molar-refractivity contribution < 1.29 is 9.50 Å². The van der Waals surface area contributed by atoms with Gasteiger partial charge in [0.25, 0.3) is 0 Å². The van der Waals surface area contributed by atoms with E-state index in [0.717, 1.165) is 12.0 Å². The third-order valence-corrected chi connectivity index (χ3v) is 4.02. The van der Waals surface area contributed by atoms with Crippen LogP contribution in [0.15, 0.2) is 24.3 Å². The number of rotatable bonds is 3. The van der Waals surface area contributed by atoms with Gasteiger partial charge in [-0.05, 0) is 31.0 Å². The van der Waals surface area contributed by atoms with Crippen LogP contribution in [-0.4, -0.2) is 17.3 Å². The van der Waals surface area contributed by atoms with Gasteiger partial charge in [-0.3, -0.25) is 0 Å². The van der Waals surface area contributed by atoms with Crippen molar-refractivity contribution in [2.24, 2.45) is 5.41 Å². The van der Waals surface area contributed by atoms with Gasteiger partial charge in [0, 0.05) is 17.5 Å². The Bertz CT molecular complexity index is 405. The summed E-state index contributed by atoms with van der Waals surface area (Å²) < 4.78 is 13.1. The lowest BCUT2D eigenvalue weighted by atomic mass is 9.64. The van der Waals surface area contributed by atoms with Crippen molar-refractivity contribution in [1.29, 1.82) is 0 Å². The second-order valence-corrected chi connectivity index (χ2v) is 5.57. The largest absolute Gasteiger partial charge is 0.392 e. The van der Waals surface area contributed by atoms with Crippen LogP contribution in [0.5, 0.6) is 0 Å². The fraction of sp³-hybridized carbons (Fsp3) is 0.571. The molecule has 94 valence electrons. The van der Waals surface area contributed by atoms with Crippen molar-refractivity contribution in [3.63, 3.8) is 0 Å². The first-order valence-corrected chi connectivity index (χ1v) is 6.11. The van der Waals surface area contributed by atoms with E-state index < -0.39 is 0 Å². The predicted molar refractivity (Wildman–Crippen MR) is 66.1 cm³/mol. The molecule has 3 heteroatoms. The summed E-state index contributed by atoms with van der Waals surface area (Å²) >= 11 is 0. The van der Waals surface area contributed by atoms with Gasteiger partial charge >= 0.3 is 0 Å². The van der Waals surface area contributed by atoms with Gasteiger partial charge in [0.2, 0.25) is 0 Å². The Hall–Kier alpha value is -0.930. The standard InChI is InChI=1S/C14H20FNO/c1-9(10-5-4-6-11(15)7-10)16-12-8-13(17)14(12,2)3/h4-7,9,12-13,16-17H,8H2,1-3H3/t9-,12?,13?/m1/s1. The van der Waals surface area contributed by atoms with E-state index in [9.17, 15) is 9.50 Å². The van der Waals surface area contributed by atoms with E-state index in [2.05, 4.69) is 19.2 Å². The predicted octanol–water partition coefficient (Wildman–Crippen LogP) is 2.64. The van der Waals surface area contributed by atoms with E-state index in [1.54, 1.807) is 12.1 Å². The zero-order valence-corrected chi connectivity index (χ0v) is 10.6. The van der Waals surface area contributed by atoms with Crippen molar-refractivity contribution in [2.45, 2.75) is 45.4 Å². The molecule has 1 aromatic carbocycles. The Kier molecular flexibility index (Phi) is 3.23. The van der Waals surface area contributed by atoms with Crippen molar-refractivity contribution in [2.75, 3.05) is 0 Å². The Morgan fingerprint density at radius 3 is 2.71 bits per heavy atom. The van der Waals surface area contributed by atoms with Crippen LogP contribution in [0.4, 0.5) is 4.39 Å². The summed E-state index contributed by atoms with van der Waals surface area (Å²) in [4.78, 5) is 0. The number of hydrogen-bond acceptors (Lipinski definition) is 2. The smallest absolute Gasteiger partial charge is 0.123 e. The first kappa shape index (κ1) is 12.5. The zero-order valence-electron chi connectivity index (χ0n) is 10.6. The fourth-order valence-corrected chi connectivity index (χ4v) is 2.36. The minimum absolute atomic E-state index is 0.0956. The minimum Gasteiger partial charge on any atom is -0.392 e. The fourth-order valence-electron chi connectivity index (χ4n) is 2.36. The molecule has 1 aliphatic rings. The molecular weight excluding hydrogens is 217 g/mol. The summed E-state index contributed by atoms with van der Waals surface area (Å²) in [6.45, 7) is 6.13.